The molecule has 1 nitrogen and oxygen atoms in total. The lowest BCUT2D eigenvalue weighted by Crippen LogP contribution is -2.24. The summed E-state index contributed by atoms with van der Waals surface area (Å²) in [4.78, 5) is 2.39. The number of hydrogen-bond acceptors (Lipinski definition) is 1. The fourth-order valence-corrected chi connectivity index (χ4v) is 1.82. The minimum atomic E-state index is 0.745. The summed E-state index contributed by atoms with van der Waals surface area (Å²) >= 11 is 5.79. The van der Waals surface area contributed by atoms with Crippen LogP contribution in [0.4, 0.5) is 0 Å². The Hall–Kier alpha value is 0.250. The highest BCUT2D eigenvalue weighted by Gasteiger charge is 2.13. The van der Waals surface area contributed by atoms with E-state index in [9.17, 15) is 0 Å². The van der Waals surface area contributed by atoms with Gasteiger partial charge in [0.05, 0.1) is 0 Å². The van der Waals surface area contributed by atoms with Gasteiger partial charge in [-0.05, 0) is 32.4 Å². The lowest BCUT2D eigenvalue weighted by Gasteiger charge is -2.17. The molecular weight excluding hydrogens is 146 g/mol. The van der Waals surface area contributed by atoms with Crippen LogP contribution in [0.2, 0.25) is 0 Å². The van der Waals surface area contributed by atoms with Crippen molar-refractivity contribution in [1.29, 1.82) is 0 Å². The summed E-state index contributed by atoms with van der Waals surface area (Å²) in [6.07, 6.45) is 4.04. The molecule has 1 saturated heterocycles. The zero-order chi connectivity index (χ0) is 7.40. The predicted molar refractivity (Wildman–Crippen MR) is 45.6 cm³/mol. The van der Waals surface area contributed by atoms with Gasteiger partial charge in [0.25, 0.3) is 0 Å². The van der Waals surface area contributed by atoms with E-state index in [2.05, 4.69) is 11.9 Å². The van der Waals surface area contributed by atoms with Gasteiger partial charge in [-0.1, -0.05) is 6.42 Å². The fraction of sp³-hybridized carbons (Fsp3) is 1.00. The number of alkyl halides is 1. The van der Waals surface area contributed by atoms with E-state index in [1.165, 1.54) is 32.4 Å². The average molecular weight is 162 g/mol. The Balaban J connectivity index is 2.30. The van der Waals surface area contributed by atoms with Crippen molar-refractivity contribution in [3.63, 3.8) is 0 Å². The molecule has 1 aliphatic heterocycles. The van der Waals surface area contributed by atoms with Gasteiger partial charge in [-0.3, -0.25) is 0 Å². The summed E-state index contributed by atoms with van der Waals surface area (Å²) in [5.74, 6) is 1.58. The maximum absolute atomic E-state index is 5.79. The first-order valence-corrected chi connectivity index (χ1v) is 4.61. The van der Waals surface area contributed by atoms with Crippen molar-refractivity contribution in [3.8, 4) is 0 Å². The Kier molecular flexibility index (Phi) is 3.50. The van der Waals surface area contributed by atoms with E-state index in [0.29, 0.717) is 0 Å². The topological polar surface area (TPSA) is 3.24 Å². The number of rotatable bonds is 1. The van der Waals surface area contributed by atoms with Gasteiger partial charge in [-0.15, -0.1) is 11.6 Å². The molecule has 10 heavy (non-hydrogen) atoms. The van der Waals surface area contributed by atoms with Gasteiger partial charge in [0.2, 0.25) is 0 Å². The molecular formula is C8H16ClN. The number of hydrogen-bond donors (Lipinski definition) is 0. The van der Waals surface area contributed by atoms with Crippen LogP contribution in [0.1, 0.15) is 19.3 Å². The summed E-state index contributed by atoms with van der Waals surface area (Å²) in [5, 5.41) is 0. The molecule has 0 radical (unpaired) electrons. The average Bonchev–Trinajstić information content (AvgIpc) is 2.13. The third kappa shape index (κ3) is 2.47. The van der Waals surface area contributed by atoms with Crippen LogP contribution in [0.3, 0.4) is 0 Å². The second kappa shape index (κ2) is 4.20. The zero-order valence-electron chi connectivity index (χ0n) is 6.65. The summed E-state index contributed by atoms with van der Waals surface area (Å²) in [6.45, 7) is 2.46. The van der Waals surface area contributed by atoms with Crippen LogP contribution in [0.25, 0.3) is 0 Å². The molecule has 60 valence electrons. The van der Waals surface area contributed by atoms with E-state index >= 15 is 0 Å². The molecule has 0 aliphatic carbocycles. The van der Waals surface area contributed by atoms with Crippen molar-refractivity contribution >= 4 is 11.6 Å². The van der Waals surface area contributed by atoms with Crippen LogP contribution in [0.5, 0.6) is 0 Å². The molecule has 0 aromatic heterocycles. The first-order chi connectivity index (χ1) is 4.83. The first kappa shape index (κ1) is 8.35. The normalized spacial score (nSPS) is 30.0. The number of halogens is 1. The van der Waals surface area contributed by atoms with Gasteiger partial charge in [0.1, 0.15) is 0 Å². The maximum Gasteiger partial charge on any atom is 0.0263 e. The Morgan fingerprint density at radius 2 is 2.30 bits per heavy atom. The molecule has 1 heterocycles. The molecule has 0 N–H and O–H groups in total. The number of nitrogens with zero attached hydrogens (tertiary/aromatic N) is 1. The maximum atomic E-state index is 5.79. The van der Waals surface area contributed by atoms with Crippen molar-refractivity contribution in [3.05, 3.63) is 0 Å². The van der Waals surface area contributed by atoms with Gasteiger partial charge in [-0.2, -0.15) is 0 Å². The minimum absolute atomic E-state index is 0.745. The van der Waals surface area contributed by atoms with Gasteiger partial charge in [0.15, 0.2) is 0 Å². The molecule has 1 atom stereocenters. The van der Waals surface area contributed by atoms with E-state index in [1.807, 2.05) is 0 Å². The Morgan fingerprint density at radius 3 is 3.00 bits per heavy atom. The third-order valence-electron chi connectivity index (χ3n) is 2.19. The van der Waals surface area contributed by atoms with E-state index in [4.69, 9.17) is 11.6 Å². The van der Waals surface area contributed by atoms with E-state index in [1.54, 1.807) is 0 Å². The van der Waals surface area contributed by atoms with Crippen LogP contribution in [-0.2, 0) is 0 Å². The zero-order valence-corrected chi connectivity index (χ0v) is 7.40. The largest absolute Gasteiger partial charge is 0.306 e. The van der Waals surface area contributed by atoms with Crippen molar-refractivity contribution < 1.29 is 0 Å². The molecule has 0 aromatic carbocycles. The number of likely N-dealkylation sites (tertiary alicyclic amines) is 1. The highest BCUT2D eigenvalue weighted by atomic mass is 35.5. The fourth-order valence-electron chi connectivity index (χ4n) is 1.56. The van der Waals surface area contributed by atoms with Crippen LogP contribution >= 0.6 is 11.6 Å². The molecule has 0 spiro atoms. The van der Waals surface area contributed by atoms with Gasteiger partial charge in [-0.25, -0.2) is 0 Å². The monoisotopic (exact) mass is 161 g/mol. The summed E-state index contributed by atoms with van der Waals surface area (Å²) in [5.41, 5.74) is 0. The second-order valence-electron chi connectivity index (χ2n) is 3.28. The lowest BCUT2D eigenvalue weighted by atomic mass is 10.1. The third-order valence-corrected chi connectivity index (χ3v) is 2.63. The molecule has 1 fully saturated rings. The second-order valence-corrected chi connectivity index (χ2v) is 3.59. The van der Waals surface area contributed by atoms with Crippen LogP contribution in [-0.4, -0.2) is 30.9 Å². The minimum Gasteiger partial charge on any atom is -0.306 e. The molecule has 2 heteroatoms. The quantitative estimate of drug-likeness (QED) is 0.532. The van der Waals surface area contributed by atoms with Crippen molar-refractivity contribution in [1.82, 2.24) is 4.90 Å². The molecule has 1 aliphatic rings. The van der Waals surface area contributed by atoms with Crippen molar-refractivity contribution in [2.75, 3.05) is 26.0 Å². The molecule has 0 aromatic rings. The molecule has 1 unspecified atom stereocenters. The smallest absolute Gasteiger partial charge is 0.0263 e. The van der Waals surface area contributed by atoms with E-state index in [-0.39, 0.29) is 0 Å². The Labute approximate surface area is 68.4 Å². The first-order valence-electron chi connectivity index (χ1n) is 4.07. The van der Waals surface area contributed by atoms with Crippen molar-refractivity contribution in [2.24, 2.45) is 5.92 Å². The Morgan fingerprint density at radius 1 is 1.50 bits per heavy atom. The SMILES string of the molecule is CN1CCCCC(CCl)C1. The van der Waals surface area contributed by atoms with Crippen molar-refractivity contribution in [2.45, 2.75) is 19.3 Å². The molecule has 0 bridgehead atoms. The standard InChI is InChI=1S/C8H16ClN/c1-10-5-3-2-4-8(6-9)7-10/h8H,2-7H2,1H3. The summed E-state index contributed by atoms with van der Waals surface area (Å²) in [7, 11) is 2.19. The van der Waals surface area contributed by atoms with Gasteiger partial charge < -0.3 is 4.90 Å². The predicted octanol–water partition coefficient (Wildman–Crippen LogP) is 1.96. The van der Waals surface area contributed by atoms with Gasteiger partial charge in [0, 0.05) is 12.4 Å². The summed E-state index contributed by atoms with van der Waals surface area (Å²) in [6, 6.07) is 0. The highest BCUT2D eigenvalue weighted by Crippen LogP contribution is 2.15. The van der Waals surface area contributed by atoms with E-state index in [0.717, 1.165) is 11.8 Å². The van der Waals surface area contributed by atoms with Gasteiger partial charge >= 0.3 is 0 Å². The molecule has 1 rings (SSSR count). The molecule has 0 saturated carbocycles. The lowest BCUT2D eigenvalue weighted by molar-refractivity contribution is 0.312. The van der Waals surface area contributed by atoms with Crippen LogP contribution < -0.4 is 0 Å². The highest BCUT2D eigenvalue weighted by molar-refractivity contribution is 6.18. The Bertz CT molecular complexity index is 95.3. The van der Waals surface area contributed by atoms with Crippen LogP contribution in [0, 0.1) is 5.92 Å². The molecule has 0 amide bonds. The van der Waals surface area contributed by atoms with Crippen LogP contribution in [0.15, 0.2) is 0 Å². The van der Waals surface area contributed by atoms with E-state index < -0.39 is 0 Å². The summed E-state index contributed by atoms with van der Waals surface area (Å²) < 4.78 is 0.